The molecule has 0 aliphatic rings. The third kappa shape index (κ3) is 6.51. The molecule has 5 heteroatoms. The number of anilines is 1. The normalized spacial score (nSPS) is 10.7. The minimum Gasteiger partial charge on any atom is -0.495 e. The summed E-state index contributed by atoms with van der Waals surface area (Å²) in [6.07, 6.45) is -0.495. The fourth-order valence-electron chi connectivity index (χ4n) is 1.60. The van der Waals surface area contributed by atoms with Crippen LogP contribution in [0.25, 0.3) is 0 Å². The van der Waals surface area contributed by atoms with Gasteiger partial charge in [0.05, 0.1) is 19.2 Å². The molecule has 1 rings (SSSR count). The van der Waals surface area contributed by atoms with Crippen LogP contribution in [-0.2, 0) is 4.74 Å². The molecule has 0 atom stereocenters. The first-order valence-corrected chi connectivity index (χ1v) is 7.03. The van der Waals surface area contributed by atoms with Gasteiger partial charge in [-0.1, -0.05) is 11.8 Å². The maximum Gasteiger partial charge on any atom is 0.412 e. The van der Waals surface area contributed by atoms with Crippen molar-refractivity contribution in [3.63, 3.8) is 0 Å². The van der Waals surface area contributed by atoms with E-state index in [9.17, 15) is 4.79 Å². The average Bonchev–Trinajstić information content (AvgIpc) is 2.36. The molecule has 0 radical (unpaired) electrons. The van der Waals surface area contributed by atoms with Gasteiger partial charge in [0, 0.05) is 5.69 Å². The van der Waals surface area contributed by atoms with Gasteiger partial charge < -0.3 is 9.47 Å². The van der Waals surface area contributed by atoms with Crippen molar-refractivity contribution in [1.82, 2.24) is 4.90 Å². The second kappa shape index (κ2) is 7.71. The van der Waals surface area contributed by atoms with Crippen LogP contribution in [0.5, 0.6) is 5.75 Å². The Hall–Kier alpha value is -2.19. The third-order valence-electron chi connectivity index (χ3n) is 2.46. The fourth-order valence-corrected chi connectivity index (χ4v) is 1.60. The minimum absolute atomic E-state index is 0.495. The highest BCUT2D eigenvalue weighted by Gasteiger charge is 2.16. The minimum atomic E-state index is -0.537. The molecule has 0 fully saturated rings. The molecule has 1 aromatic carbocycles. The summed E-state index contributed by atoms with van der Waals surface area (Å²) in [5, 5.41) is 2.69. The van der Waals surface area contributed by atoms with Gasteiger partial charge in [-0.3, -0.25) is 10.2 Å². The molecule has 0 unspecified atom stereocenters. The van der Waals surface area contributed by atoms with Crippen LogP contribution in [0.4, 0.5) is 10.5 Å². The molecule has 0 saturated carbocycles. The molecular weight excluding hydrogens is 280 g/mol. The molecular formula is C17H24N2O3. The summed E-state index contributed by atoms with van der Waals surface area (Å²) in [4.78, 5) is 13.8. The Bertz CT molecular complexity index is 578. The van der Waals surface area contributed by atoms with Crippen molar-refractivity contribution in [2.45, 2.75) is 26.4 Å². The zero-order valence-electron chi connectivity index (χ0n) is 14.1. The number of methoxy groups -OCH3 is 1. The van der Waals surface area contributed by atoms with Gasteiger partial charge in [0.2, 0.25) is 0 Å². The van der Waals surface area contributed by atoms with E-state index >= 15 is 0 Å². The lowest BCUT2D eigenvalue weighted by molar-refractivity contribution is 0.0636. The van der Waals surface area contributed by atoms with Gasteiger partial charge in [-0.25, -0.2) is 4.79 Å². The Kier molecular flexibility index (Phi) is 6.26. The molecule has 1 N–H and O–H groups in total. The van der Waals surface area contributed by atoms with E-state index in [0.717, 1.165) is 5.56 Å². The van der Waals surface area contributed by atoms with E-state index in [1.54, 1.807) is 25.3 Å². The van der Waals surface area contributed by atoms with Crippen molar-refractivity contribution in [3.8, 4) is 17.6 Å². The number of hydrogen-bond acceptors (Lipinski definition) is 4. The van der Waals surface area contributed by atoms with E-state index < -0.39 is 11.7 Å². The molecule has 0 spiro atoms. The average molecular weight is 304 g/mol. The molecule has 0 saturated heterocycles. The molecule has 5 nitrogen and oxygen atoms in total. The fraction of sp³-hybridized carbons (Fsp3) is 0.471. The second-order valence-corrected chi connectivity index (χ2v) is 6.08. The first-order valence-electron chi connectivity index (χ1n) is 7.03. The Morgan fingerprint density at radius 1 is 1.32 bits per heavy atom. The number of benzene rings is 1. The van der Waals surface area contributed by atoms with Gasteiger partial charge >= 0.3 is 6.09 Å². The van der Waals surface area contributed by atoms with Crippen LogP contribution in [0.1, 0.15) is 26.3 Å². The van der Waals surface area contributed by atoms with Gasteiger partial charge in [-0.05, 0) is 53.1 Å². The van der Waals surface area contributed by atoms with Gasteiger partial charge in [-0.15, -0.1) is 0 Å². The predicted molar refractivity (Wildman–Crippen MR) is 88.3 cm³/mol. The first kappa shape index (κ1) is 17.9. The Morgan fingerprint density at radius 3 is 2.55 bits per heavy atom. The zero-order chi connectivity index (χ0) is 16.8. The molecule has 0 heterocycles. The summed E-state index contributed by atoms with van der Waals surface area (Å²) in [7, 11) is 5.49. The summed E-state index contributed by atoms with van der Waals surface area (Å²) < 4.78 is 10.5. The zero-order valence-corrected chi connectivity index (χ0v) is 14.1. The van der Waals surface area contributed by atoms with E-state index in [-0.39, 0.29) is 0 Å². The lowest BCUT2D eigenvalue weighted by atomic mass is 10.1. The SMILES string of the molecule is COc1ccc(NC(=O)OC(C)(C)C)cc1C#CCN(C)C. The topological polar surface area (TPSA) is 50.8 Å². The lowest BCUT2D eigenvalue weighted by Crippen LogP contribution is -2.27. The van der Waals surface area contributed by atoms with E-state index in [2.05, 4.69) is 17.2 Å². The molecule has 0 aliphatic carbocycles. The van der Waals surface area contributed by atoms with Crippen LogP contribution >= 0.6 is 0 Å². The quantitative estimate of drug-likeness (QED) is 0.872. The molecule has 120 valence electrons. The van der Waals surface area contributed by atoms with Crippen molar-refractivity contribution < 1.29 is 14.3 Å². The number of nitrogens with one attached hydrogen (secondary N) is 1. The summed E-state index contributed by atoms with van der Waals surface area (Å²) in [6, 6.07) is 5.29. The molecule has 0 bridgehead atoms. The first-order chi connectivity index (χ1) is 10.2. The standard InChI is InChI=1S/C17H24N2O3/c1-17(2,3)22-16(20)18-14-9-10-15(21-6)13(12-14)8-7-11-19(4)5/h9-10,12H,11H2,1-6H3,(H,18,20). The second-order valence-electron chi connectivity index (χ2n) is 6.08. The maximum atomic E-state index is 11.8. The van der Waals surface area contributed by atoms with Crippen LogP contribution in [0.3, 0.4) is 0 Å². The molecule has 22 heavy (non-hydrogen) atoms. The van der Waals surface area contributed by atoms with E-state index in [1.165, 1.54) is 0 Å². The maximum absolute atomic E-state index is 11.8. The van der Waals surface area contributed by atoms with Crippen LogP contribution < -0.4 is 10.1 Å². The highest BCUT2D eigenvalue weighted by Crippen LogP contribution is 2.22. The number of nitrogens with zero attached hydrogens (tertiary/aromatic N) is 1. The van der Waals surface area contributed by atoms with Crippen LogP contribution in [0.15, 0.2) is 18.2 Å². The van der Waals surface area contributed by atoms with Crippen molar-refractivity contribution >= 4 is 11.8 Å². The third-order valence-corrected chi connectivity index (χ3v) is 2.46. The molecule has 1 aromatic rings. The molecule has 0 aromatic heterocycles. The van der Waals surface area contributed by atoms with Crippen LogP contribution in [-0.4, -0.2) is 44.3 Å². The van der Waals surface area contributed by atoms with E-state index in [4.69, 9.17) is 9.47 Å². The Labute approximate surface area is 132 Å². The predicted octanol–water partition coefficient (Wildman–Crippen LogP) is 2.96. The smallest absolute Gasteiger partial charge is 0.412 e. The van der Waals surface area contributed by atoms with Crippen LogP contribution in [0, 0.1) is 11.8 Å². The van der Waals surface area contributed by atoms with E-state index in [1.807, 2.05) is 39.8 Å². The van der Waals surface area contributed by atoms with Crippen molar-refractivity contribution in [2.24, 2.45) is 0 Å². The number of rotatable bonds is 3. The van der Waals surface area contributed by atoms with E-state index in [0.29, 0.717) is 18.0 Å². The van der Waals surface area contributed by atoms with Gasteiger partial charge in [0.25, 0.3) is 0 Å². The van der Waals surface area contributed by atoms with Crippen molar-refractivity contribution in [2.75, 3.05) is 33.1 Å². The number of amides is 1. The summed E-state index contributed by atoms with van der Waals surface area (Å²) >= 11 is 0. The van der Waals surface area contributed by atoms with Crippen molar-refractivity contribution in [1.29, 1.82) is 0 Å². The summed E-state index contributed by atoms with van der Waals surface area (Å²) in [5.41, 5.74) is 0.798. The number of ether oxygens (including phenoxy) is 2. The van der Waals surface area contributed by atoms with Crippen molar-refractivity contribution in [3.05, 3.63) is 23.8 Å². The highest BCUT2D eigenvalue weighted by molar-refractivity contribution is 5.85. The number of carbonyl (C=O) groups is 1. The summed E-state index contributed by atoms with van der Waals surface area (Å²) in [5.74, 6) is 6.76. The Balaban J connectivity index is 2.89. The molecule has 1 amide bonds. The monoisotopic (exact) mass is 304 g/mol. The summed E-state index contributed by atoms with van der Waals surface area (Å²) in [6.45, 7) is 6.10. The van der Waals surface area contributed by atoms with Crippen LogP contribution in [0.2, 0.25) is 0 Å². The van der Waals surface area contributed by atoms with Gasteiger partial charge in [-0.2, -0.15) is 0 Å². The molecule has 0 aliphatic heterocycles. The lowest BCUT2D eigenvalue weighted by Gasteiger charge is -2.19. The largest absolute Gasteiger partial charge is 0.495 e. The van der Waals surface area contributed by atoms with Gasteiger partial charge in [0.15, 0.2) is 0 Å². The van der Waals surface area contributed by atoms with Gasteiger partial charge in [0.1, 0.15) is 11.4 Å². The Morgan fingerprint density at radius 2 is 2.00 bits per heavy atom. The number of carbonyl (C=O) groups excluding carboxylic acids is 1. The highest BCUT2D eigenvalue weighted by atomic mass is 16.6. The number of hydrogen-bond donors (Lipinski definition) is 1.